The molecule has 0 saturated heterocycles. The summed E-state index contributed by atoms with van der Waals surface area (Å²) in [6, 6.07) is 1.25. The summed E-state index contributed by atoms with van der Waals surface area (Å²) in [5, 5.41) is 18.3. The van der Waals surface area contributed by atoms with Crippen LogP contribution in [0.15, 0.2) is 24.3 Å². The van der Waals surface area contributed by atoms with E-state index >= 15 is 0 Å². The molecule has 0 heterocycles. The van der Waals surface area contributed by atoms with Crippen molar-refractivity contribution in [3.05, 3.63) is 41.2 Å². The van der Waals surface area contributed by atoms with Crippen LogP contribution in [0, 0.1) is 5.82 Å². The van der Waals surface area contributed by atoms with E-state index in [-0.39, 0.29) is 11.1 Å². The highest BCUT2D eigenvalue weighted by Crippen LogP contribution is 2.30. The molecular weight excluding hydrogens is 225 g/mol. The molecule has 0 unspecified atom stereocenters. The summed E-state index contributed by atoms with van der Waals surface area (Å²) in [6.45, 7) is 5.40. The molecule has 4 N–H and O–H groups in total. The maximum absolute atomic E-state index is 13.3. The Morgan fingerprint density at radius 1 is 1.59 bits per heavy atom. The number of carboxylic acids is 1. The van der Waals surface area contributed by atoms with Gasteiger partial charge in [0.25, 0.3) is 0 Å². The molecule has 1 atom stereocenters. The second-order valence-electron chi connectivity index (χ2n) is 3.97. The number of aromatic hydroxyl groups is 1. The molecule has 1 aromatic carbocycles. The Morgan fingerprint density at radius 2 is 2.18 bits per heavy atom. The van der Waals surface area contributed by atoms with E-state index in [4.69, 9.17) is 10.8 Å². The third-order valence-electron chi connectivity index (χ3n) is 2.31. The van der Waals surface area contributed by atoms with Gasteiger partial charge in [-0.3, -0.25) is 0 Å². The first kappa shape index (κ1) is 13.2. The number of hydrogen-bond acceptors (Lipinski definition) is 3. The lowest BCUT2D eigenvalue weighted by atomic mass is 9.98. The van der Waals surface area contributed by atoms with Crippen molar-refractivity contribution in [2.75, 3.05) is 0 Å². The van der Waals surface area contributed by atoms with Crippen molar-refractivity contribution >= 4 is 5.97 Å². The van der Waals surface area contributed by atoms with Gasteiger partial charge in [-0.25, -0.2) is 9.18 Å². The topological polar surface area (TPSA) is 83.6 Å². The van der Waals surface area contributed by atoms with E-state index in [2.05, 4.69) is 6.58 Å². The summed E-state index contributed by atoms with van der Waals surface area (Å²) < 4.78 is 13.3. The molecule has 0 aliphatic rings. The summed E-state index contributed by atoms with van der Waals surface area (Å²) in [5.41, 5.74) is 6.35. The van der Waals surface area contributed by atoms with Crippen molar-refractivity contribution < 1.29 is 19.4 Å². The molecule has 0 saturated carbocycles. The van der Waals surface area contributed by atoms with E-state index in [1.807, 2.05) is 0 Å². The van der Waals surface area contributed by atoms with Crippen LogP contribution in [0.5, 0.6) is 5.75 Å². The lowest BCUT2D eigenvalue weighted by molar-refractivity contribution is 0.0696. The first-order valence-electron chi connectivity index (χ1n) is 4.98. The van der Waals surface area contributed by atoms with Crippen LogP contribution >= 0.6 is 0 Å². The molecule has 0 bridgehead atoms. The molecule has 5 heteroatoms. The van der Waals surface area contributed by atoms with E-state index in [9.17, 15) is 14.3 Å². The zero-order valence-corrected chi connectivity index (χ0v) is 9.40. The number of rotatable bonds is 4. The number of halogens is 1. The smallest absolute Gasteiger partial charge is 0.335 e. The van der Waals surface area contributed by atoms with Gasteiger partial charge in [-0.05, 0) is 25.5 Å². The predicted molar refractivity (Wildman–Crippen MR) is 61.4 cm³/mol. The second kappa shape index (κ2) is 4.97. The summed E-state index contributed by atoms with van der Waals surface area (Å²) in [6.07, 6.45) is 0.343. The lowest BCUT2D eigenvalue weighted by Gasteiger charge is -2.14. The SMILES string of the molecule is C=C(C)C[C@H](N)c1cc(C(=O)O)cc(F)c1O. The van der Waals surface area contributed by atoms with Gasteiger partial charge in [-0.1, -0.05) is 5.57 Å². The molecular formula is C12H14FNO3. The van der Waals surface area contributed by atoms with E-state index in [1.165, 1.54) is 6.07 Å². The van der Waals surface area contributed by atoms with Gasteiger partial charge < -0.3 is 15.9 Å². The first-order chi connectivity index (χ1) is 7.82. The zero-order valence-electron chi connectivity index (χ0n) is 9.40. The van der Waals surface area contributed by atoms with Crippen molar-refractivity contribution in [1.29, 1.82) is 0 Å². The molecule has 0 amide bonds. The Bertz CT molecular complexity index is 471. The number of nitrogens with two attached hydrogens (primary N) is 1. The average Bonchev–Trinajstić information content (AvgIpc) is 2.20. The fourth-order valence-corrected chi connectivity index (χ4v) is 1.51. The fraction of sp³-hybridized carbons (Fsp3) is 0.250. The highest BCUT2D eigenvalue weighted by Gasteiger charge is 2.18. The van der Waals surface area contributed by atoms with Crippen LogP contribution < -0.4 is 5.73 Å². The number of phenols is 1. The van der Waals surface area contributed by atoms with Gasteiger partial charge >= 0.3 is 5.97 Å². The van der Waals surface area contributed by atoms with Gasteiger partial charge in [0.05, 0.1) is 5.56 Å². The van der Waals surface area contributed by atoms with Crippen LogP contribution in [0.25, 0.3) is 0 Å². The van der Waals surface area contributed by atoms with Gasteiger partial charge in [0.15, 0.2) is 11.6 Å². The van der Waals surface area contributed by atoms with Crippen molar-refractivity contribution in [2.45, 2.75) is 19.4 Å². The normalized spacial score (nSPS) is 12.2. The standard InChI is InChI=1S/C12H14FNO3/c1-6(2)3-10(14)8-4-7(12(16)17)5-9(13)11(8)15/h4-5,10,15H,1,3,14H2,2H3,(H,16,17)/t10-/m0/s1. The van der Waals surface area contributed by atoms with Gasteiger partial charge in [-0.2, -0.15) is 0 Å². The largest absolute Gasteiger partial charge is 0.505 e. The maximum atomic E-state index is 13.3. The Morgan fingerprint density at radius 3 is 2.65 bits per heavy atom. The van der Waals surface area contributed by atoms with Gasteiger partial charge in [0.2, 0.25) is 0 Å². The number of benzene rings is 1. The summed E-state index contributed by atoms with van der Waals surface area (Å²) in [5.74, 6) is -2.87. The number of carboxylic acid groups (broad SMARTS) is 1. The molecule has 0 radical (unpaired) electrons. The Hall–Kier alpha value is -1.88. The van der Waals surface area contributed by atoms with Gasteiger partial charge in [0, 0.05) is 11.6 Å². The van der Waals surface area contributed by atoms with Crippen LogP contribution in [0.2, 0.25) is 0 Å². The number of hydrogen-bond donors (Lipinski definition) is 3. The molecule has 0 aliphatic carbocycles. The number of aromatic carboxylic acids is 1. The second-order valence-corrected chi connectivity index (χ2v) is 3.97. The maximum Gasteiger partial charge on any atom is 0.335 e. The van der Waals surface area contributed by atoms with Gasteiger partial charge in [-0.15, -0.1) is 6.58 Å². The average molecular weight is 239 g/mol. The molecule has 1 aromatic rings. The number of carbonyl (C=O) groups is 1. The summed E-state index contributed by atoms with van der Waals surface area (Å²) >= 11 is 0. The minimum absolute atomic E-state index is 0.0744. The van der Waals surface area contributed by atoms with Gasteiger partial charge in [0.1, 0.15) is 0 Å². The molecule has 4 nitrogen and oxygen atoms in total. The Labute approximate surface area is 98.2 Å². The molecule has 17 heavy (non-hydrogen) atoms. The van der Waals surface area contributed by atoms with Crippen LogP contribution in [0.1, 0.15) is 35.3 Å². The minimum Gasteiger partial charge on any atom is -0.505 e. The van der Waals surface area contributed by atoms with E-state index < -0.39 is 23.6 Å². The molecule has 1 rings (SSSR count). The molecule has 0 aliphatic heterocycles. The monoisotopic (exact) mass is 239 g/mol. The Balaban J connectivity index is 3.22. The van der Waals surface area contributed by atoms with Crippen LogP contribution in [-0.2, 0) is 0 Å². The van der Waals surface area contributed by atoms with Crippen LogP contribution in [0.3, 0.4) is 0 Å². The lowest BCUT2D eigenvalue weighted by Crippen LogP contribution is -2.12. The van der Waals surface area contributed by atoms with E-state index in [0.717, 1.165) is 11.6 Å². The fourth-order valence-electron chi connectivity index (χ4n) is 1.51. The van der Waals surface area contributed by atoms with Crippen molar-refractivity contribution in [3.63, 3.8) is 0 Å². The zero-order chi connectivity index (χ0) is 13.2. The molecule has 0 aromatic heterocycles. The molecule has 92 valence electrons. The van der Waals surface area contributed by atoms with Crippen molar-refractivity contribution in [1.82, 2.24) is 0 Å². The predicted octanol–water partition coefficient (Wildman–Crippen LogP) is 2.20. The van der Waals surface area contributed by atoms with Crippen LogP contribution in [-0.4, -0.2) is 16.2 Å². The molecule has 0 spiro atoms. The molecule has 0 fully saturated rings. The van der Waals surface area contributed by atoms with Crippen molar-refractivity contribution in [3.8, 4) is 5.75 Å². The van der Waals surface area contributed by atoms with Crippen LogP contribution in [0.4, 0.5) is 4.39 Å². The minimum atomic E-state index is -1.27. The highest BCUT2D eigenvalue weighted by atomic mass is 19.1. The third-order valence-corrected chi connectivity index (χ3v) is 2.31. The van der Waals surface area contributed by atoms with E-state index in [1.54, 1.807) is 6.92 Å². The highest BCUT2D eigenvalue weighted by molar-refractivity contribution is 5.88. The third kappa shape index (κ3) is 3.04. The quantitative estimate of drug-likeness (QED) is 0.703. The Kier molecular flexibility index (Phi) is 3.85. The van der Waals surface area contributed by atoms with Crippen molar-refractivity contribution in [2.24, 2.45) is 5.73 Å². The summed E-state index contributed by atoms with van der Waals surface area (Å²) in [4.78, 5) is 10.8. The first-order valence-corrected chi connectivity index (χ1v) is 4.98. The van der Waals surface area contributed by atoms with E-state index in [0.29, 0.717) is 6.42 Å². The summed E-state index contributed by atoms with van der Waals surface area (Å²) in [7, 11) is 0. The number of phenolic OH excluding ortho intramolecular Hbond substituents is 1.